The molecule has 0 radical (unpaired) electrons. The number of rotatable bonds is 11. The molecular formula is C47H57N5O4. The molecule has 2 atom stereocenters. The van der Waals surface area contributed by atoms with E-state index >= 15 is 0 Å². The van der Waals surface area contributed by atoms with Crippen LogP contribution in [0.3, 0.4) is 0 Å². The van der Waals surface area contributed by atoms with Crippen molar-refractivity contribution in [1.82, 2.24) is 25.3 Å². The zero-order valence-electron chi connectivity index (χ0n) is 33.5. The summed E-state index contributed by atoms with van der Waals surface area (Å²) in [6, 6.07) is 32.0. The number of carbonyl (C=O) groups is 3. The average Bonchev–Trinajstić information content (AvgIpc) is 3.64. The van der Waals surface area contributed by atoms with Crippen molar-refractivity contribution >= 4 is 35.1 Å². The van der Waals surface area contributed by atoms with Crippen LogP contribution in [0.2, 0.25) is 0 Å². The van der Waals surface area contributed by atoms with Gasteiger partial charge in [-0.15, -0.1) is 6.42 Å². The fourth-order valence-electron chi connectivity index (χ4n) is 6.64. The minimum absolute atomic E-state index is 0.0504. The lowest BCUT2D eigenvalue weighted by atomic mass is 9.84. The van der Waals surface area contributed by atoms with Gasteiger partial charge in [0.15, 0.2) is 5.78 Å². The Morgan fingerprint density at radius 1 is 0.982 bits per heavy atom. The van der Waals surface area contributed by atoms with E-state index in [1.54, 1.807) is 17.0 Å². The number of likely N-dealkylation sites (tertiary alicyclic amines) is 1. The van der Waals surface area contributed by atoms with Gasteiger partial charge < -0.3 is 25.4 Å². The summed E-state index contributed by atoms with van der Waals surface area (Å²) < 4.78 is 2.02. The van der Waals surface area contributed by atoms with E-state index in [2.05, 4.69) is 66.0 Å². The van der Waals surface area contributed by atoms with E-state index in [1.165, 1.54) is 11.1 Å². The van der Waals surface area contributed by atoms with Crippen molar-refractivity contribution in [2.24, 2.45) is 5.92 Å². The number of fused-ring (bicyclic) bond motifs is 1. The Kier molecular flexibility index (Phi) is 18.8. The van der Waals surface area contributed by atoms with Crippen LogP contribution in [0.4, 0.5) is 0 Å². The monoisotopic (exact) mass is 755 g/mol. The molecule has 3 N–H and O–H groups in total. The standard InChI is InChI=1S/C31H36N4O2.C8H11N.C7H8O.CH2O/c1-5-11-28(32-16-6-2)26-14-9-8-12-24(26)20-35-29-15-10-13-23(27(29)19-33-35)18-25-17-22(4)34(21-30(25)36)31(37)7-3;1-9-7-8-5-3-2-4-6-8;1-6-2-4-7(8)5-3-6;1-2/h2,8-15,19,22,25,32H,5,7,16-18,20-21H2,1,3-4H3;2-6,9H,7H2,1H3;2-5,8H,1H3;1H2/b28-11-;;;. The maximum Gasteiger partial charge on any atom is 0.222 e. The number of phenols is 1. The highest BCUT2D eigenvalue weighted by Gasteiger charge is 2.34. The molecule has 2 unspecified atom stereocenters. The number of amides is 1. The lowest BCUT2D eigenvalue weighted by Gasteiger charge is -2.36. The summed E-state index contributed by atoms with van der Waals surface area (Å²) in [6.45, 7) is 12.2. The number of hydrogen-bond acceptors (Lipinski definition) is 7. The number of piperidine rings is 1. The normalized spacial score (nSPS) is 14.9. The zero-order chi connectivity index (χ0) is 40.9. The molecule has 6 rings (SSSR count). The van der Waals surface area contributed by atoms with E-state index in [4.69, 9.17) is 21.4 Å². The summed E-state index contributed by atoms with van der Waals surface area (Å²) in [7, 11) is 1.95. The van der Waals surface area contributed by atoms with Gasteiger partial charge in [-0.25, -0.2) is 0 Å². The van der Waals surface area contributed by atoms with Gasteiger partial charge in [-0.2, -0.15) is 5.10 Å². The predicted octanol–water partition coefficient (Wildman–Crippen LogP) is 7.74. The molecule has 5 aromatic rings. The third kappa shape index (κ3) is 13.1. The molecule has 1 saturated heterocycles. The number of terminal acetylenes is 1. The van der Waals surface area contributed by atoms with Crippen molar-refractivity contribution in [1.29, 1.82) is 0 Å². The van der Waals surface area contributed by atoms with Crippen LogP contribution >= 0.6 is 0 Å². The summed E-state index contributed by atoms with van der Waals surface area (Å²) in [5, 5.41) is 21.0. The largest absolute Gasteiger partial charge is 0.508 e. The SMILES string of the molecule is C#CCN/C(=C\CC)c1ccccc1Cn1ncc2c(CC3CC(C)N(C(=O)CC)CC3=O)cccc21.C=O.CNCc1ccccc1.Cc1ccc(O)cc1. The average molecular weight is 756 g/mol. The van der Waals surface area contributed by atoms with Crippen LogP contribution in [0.15, 0.2) is 109 Å². The molecule has 2 heterocycles. The van der Waals surface area contributed by atoms with Crippen LogP contribution in [-0.4, -0.2) is 64.4 Å². The lowest BCUT2D eigenvalue weighted by Crippen LogP contribution is -2.49. The van der Waals surface area contributed by atoms with Crippen LogP contribution in [0.1, 0.15) is 67.9 Å². The van der Waals surface area contributed by atoms with Gasteiger partial charge in [-0.3, -0.25) is 14.3 Å². The number of Topliss-reactive ketones (excluding diaryl/α,β-unsaturated/α-hetero) is 1. The van der Waals surface area contributed by atoms with Crippen molar-refractivity contribution in [3.63, 3.8) is 0 Å². The van der Waals surface area contributed by atoms with Crippen molar-refractivity contribution in [3.05, 3.63) is 137 Å². The highest BCUT2D eigenvalue weighted by atomic mass is 16.3. The zero-order valence-corrected chi connectivity index (χ0v) is 33.5. The van der Waals surface area contributed by atoms with Gasteiger partial charge in [0.25, 0.3) is 0 Å². The maximum absolute atomic E-state index is 12.9. The molecule has 9 heteroatoms. The van der Waals surface area contributed by atoms with E-state index in [9.17, 15) is 9.59 Å². The van der Waals surface area contributed by atoms with Crippen molar-refractivity contribution < 1.29 is 19.5 Å². The molecule has 56 heavy (non-hydrogen) atoms. The summed E-state index contributed by atoms with van der Waals surface area (Å²) in [6.07, 6.45) is 12.3. The molecular weight excluding hydrogens is 699 g/mol. The summed E-state index contributed by atoms with van der Waals surface area (Å²) in [5.74, 6) is 3.10. The lowest BCUT2D eigenvalue weighted by molar-refractivity contribution is -0.142. The highest BCUT2D eigenvalue weighted by molar-refractivity contribution is 5.90. The molecule has 1 aromatic heterocycles. The summed E-state index contributed by atoms with van der Waals surface area (Å²) in [4.78, 5) is 34.9. The van der Waals surface area contributed by atoms with Gasteiger partial charge >= 0.3 is 0 Å². The first-order valence-electron chi connectivity index (χ1n) is 19.1. The topological polar surface area (TPSA) is 117 Å². The number of allylic oxidation sites excluding steroid dienone is 1. The van der Waals surface area contributed by atoms with Gasteiger partial charge in [0.05, 0.1) is 31.3 Å². The Morgan fingerprint density at radius 3 is 2.30 bits per heavy atom. The molecule has 1 aliphatic rings. The van der Waals surface area contributed by atoms with Crippen LogP contribution in [0.5, 0.6) is 5.75 Å². The molecule has 1 amide bonds. The second-order valence-electron chi connectivity index (χ2n) is 13.6. The fraction of sp³-hybridized carbons (Fsp3) is 0.319. The first-order chi connectivity index (χ1) is 27.2. The third-order valence-electron chi connectivity index (χ3n) is 9.48. The van der Waals surface area contributed by atoms with E-state index in [1.807, 2.05) is 94.0 Å². The van der Waals surface area contributed by atoms with Crippen molar-refractivity contribution in [2.75, 3.05) is 20.1 Å². The van der Waals surface area contributed by atoms with E-state index in [0.29, 0.717) is 38.1 Å². The van der Waals surface area contributed by atoms with Crippen LogP contribution in [0, 0.1) is 25.2 Å². The molecule has 0 saturated carbocycles. The molecule has 0 bridgehead atoms. The van der Waals surface area contributed by atoms with Gasteiger partial charge in [0.1, 0.15) is 12.5 Å². The number of aryl methyl sites for hydroxylation is 1. The van der Waals surface area contributed by atoms with Crippen molar-refractivity contribution in [2.45, 2.75) is 72.5 Å². The quantitative estimate of drug-likeness (QED) is 0.118. The van der Waals surface area contributed by atoms with Crippen LogP contribution in [-0.2, 0) is 33.9 Å². The number of carbonyl (C=O) groups excluding carboxylic acids is 3. The molecule has 0 aliphatic carbocycles. The molecule has 0 spiro atoms. The summed E-state index contributed by atoms with van der Waals surface area (Å²) >= 11 is 0. The number of benzene rings is 4. The molecule has 9 nitrogen and oxygen atoms in total. The smallest absolute Gasteiger partial charge is 0.222 e. The van der Waals surface area contributed by atoms with E-state index in [-0.39, 0.29) is 30.2 Å². The molecule has 294 valence electrons. The Hall–Kier alpha value is -5.98. The third-order valence-corrected chi connectivity index (χ3v) is 9.48. The van der Waals surface area contributed by atoms with E-state index < -0.39 is 0 Å². The van der Waals surface area contributed by atoms with Gasteiger partial charge in [-0.1, -0.05) is 110 Å². The number of aromatic hydroxyl groups is 1. The van der Waals surface area contributed by atoms with Gasteiger partial charge in [-0.05, 0) is 75.0 Å². The number of nitrogens with zero attached hydrogens (tertiary/aromatic N) is 3. The molecule has 1 aliphatic heterocycles. The fourth-order valence-corrected chi connectivity index (χ4v) is 6.64. The molecule has 4 aromatic carbocycles. The molecule has 1 fully saturated rings. The Morgan fingerprint density at radius 2 is 1.66 bits per heavy atom. The minimum atomic E-state index is -0.0884. The number of phenolic OH excluding ortho intramolecular Hbond substituents is 1. The predicted molar refractivity (Wildman–Crippen MR) is 228 cm³/mol. The Labute approximate surface area is 332 Å². The first kappa shape index (κ1) is 44.4. The van der Waals surface area contributed by atoms with Crippen molar-refractivity contribution in [3.8, 4) is 18.1 Å². The van der Waals surface area contributed by atoms with E-state index in [0.717, 1.165) is 46.3 Å². The number of hydrogen-bond donors (Lipinski definition) is 3. The second-order valence-corrected chi connectivity index (χ2v) is 13.6. The minimum Gasteiger partial charge on any atom is -0.508 e. The highest BCUT2D eigenvalue weighted by Crippen LogP contribution is 2.29. The number of nitrogens with one attached hydrogen (secondary N) is 2. The maximum atomic E-state index is 12.9. The van der Waals surface area contributed by atoms with Gasteiger partial charge in [0, 0.05) is 41.6 Å². The van der Waals surface area contributed by atoms with Gasteiger partial charge in [0.2, 0.25) is 5.91 Å². The van der Waals surface area contributed by atoms with Crippen LogP contribution < -0.4 is 10.6 Å². The number of aromatic nitrogens is 2. The first-order valence-corrected chi connectivity index (χ1v) is 19.1. The Bertz CT molecular complexity index is 2010. The second kappa shape index (κ2) is 23.7. The van der Waals surface area contributed by atoms with Crippen LogP contribution in [0.25, 0.3) is 16.6 Å². The number of ketones is 1. The Balaban J connectivity index is 0.000000360. The summed E-state index contributed by atoms with van der Waals surface area (Å²) in [5.41, 5.74) is 7.98.